The minimum absolute atomic E-state index is 0.265. The number of benzene rings is 2. The van der Waals surface area contributed by atoms with Crippen LogP contribution in [0.3, 0.4) is 0 Å². The summed E-state index contributed by atoms with van der Waals surface area (Å²) in [5.74, 6) is -0.357. The highest BCUT2D eigenvalue weighted by Gasteiger charge is 2.07. The smallest absolute Gasteiger partial charge is 0.335 e. The number of aromatic carboxylic acids is 1. The molecule has 0 spiro atoms. The van der Waals surface area contributed by atoms with Gasteiger partial charge in [-0.1, -0.05) is 11.6 Å². The van der Waals surface area contributed by atoms with Crippen molar-refractivity contribution < 1.29 is 14.6 Å². The molecule has 0 amide bonds. The zero-order valence-electron chi connectivity index (χ0n) is 11.1. The van der Waals surface area contributed by atoms with Gasteiger partial charge in [0.25, 0.3) is 0 Å². The van der Waals surface area contributed by atoms with Crippen molar-refractivity contribution in [2.45, 2.75) is 6.92 Å². The van der Waals surface area contributed by atoms with Crippen LogP contribution in [0.4, 0.5) is 11.4 Å². The first-order valence-electron chi connectivity index (χ1n) is 5.96. The standard InChI is InChI=1S/C15H14ClNO3/c1-9-7-10(15(18)19)3-6-13(9)17-11-4-5-12(16)14(8-11)20-2/h3-8,17H,1-2H3,(H,18,19). The van der Waals surface area contributed by atoms with Crippen molar-refractivity contribution in [1.82, 2.24) is 0 Å². The number of halogens is 1. The summed E-state index contributed by atoms with van der Waals surface area (Å²) in [7, 11) is 1.55. The van der Waals surface area contributed by atoms with Crippen LogP contribution in [0.5, 0.6) is 5.75 Å². The third-order valence-electron chi connectivity index (χ3n) is 2.90. The topological polar surface area (TPSA) is 58.6 Å². The molecule has 0 saturated heterocycles. The van der Waals surface area contributed by atoms with Crippen LogP contribution in [0.25, 0.3) is 0 Å². The maximum atomic E-state index is 10.9. The molecule has 0 aliphatic heterocycles. The Bertz CT molecular complexity index is 656. The second-order valence-corrected chi connectivity index (χ2v) is 4.72. The summed E-state index contributed by atoms with van der Waals surface area (Å²) in [6.07, 6.45) is 0. The maximum Gasteiger partial charge on any atom is 0.335 e. The molecule has 2 N–H and O–H groups in total. The van der Waals surface area contributed by atoms with Gasteiger partial charge in [-0.25, -0.2) is 4.79 Å². The van der Waals surface area contributed by atoms with E-state index in [1.54, 1.807) is 37.4 Å². The number of anilines is 2. The lowest BCUT2D eigenvalue weighted by Gasteiger charge is -2.12. The second kappa shape index (κ2) is 5.84. The maximum absolute atomic E-state index is 10.9. The van der Waals surface area contributed by atoms with Crippen LogP contribution in [-0.4, -0.2) is 18.2 Å². The molecule has 0 aliphatic carbocycles. The van der Waals surface area contributed by atoms with Crippen LogP contribution < -0.4 is 10.1 Å². The average Bonchev–Trinajstić information content (AvgIpc) is 2.42. The van der Waals surface area contributed by atoms with Crippen molar-refractivity contribution in [3.8, 4) is 5.75 Å². The summed E-state index contributed by atoms with van der Waals surface area (Å²) in [5.41, 5.74) is 2.76. The minimum atomic E-state index is -0.937. The number of carboxylic acid groups (broad SMARTS) is 1. The fraction of sp³-hybridized carbons (Fsp3) is 0.133. The number of aryl methyl sites for hydroxylation is 1. The first kappa shape index (κ1) is 14.2. The lowest BCUT2D eigenvalue weighted by Crippen LogP contribution is -1.99. The van der Waals surface area contributed by atoms with Crippen molar-refractivity contribution >= 4 is 28.9 Å². The van der Waals surface area contributed by atoms with Crippen molar-refractivity contribution in [1.29, 1.82) is 0 Å². The van der Waals surface area contributed by atoms with Crippen LogP contribution >= 0.6 is 11.6 Å². The van der Waals surface area contributed by atoms with Gasteiger partial charge in [-0.15, -0.1) is 0 Å². The molecule has 0 saturated carbocycles. The Balaban J connectivity index is 2.28. The molecule has 0 aliphatic rings. The number of carboxylic acids is 1. The third kappa shape index (κ3) is 3.03. The molecular weight excluding hydrogens is 278 g/mol. The van der Waals surface area contributed by atoms with Gasteiger partial charge in [0.15, 0.2) is 0 Å². The number of rotatable bonds is 4. The Morgan fingerprint density at radius 1 is 1.25 bits per heavy atom. The quantitative estimate of drug-likeness (QED) is 0.890. The van der Waals surface area contributed by atoms with Gasteiger partial charge in [-0.3, -0.25) is 0 Å². The summed E-state index contributed by atoms with van der Waals surface area (Å²) in [6, 6.07) is 10.3. The molecule has 0 unspecified atom stereocenters. The van der Waals surface area contributed by atoms with E-state index in [-0.39, 0.29) is 5.56 Å². The Hall–Kier alpha value is -2.20. The molecule has 0 heterocycles. The van der Waals surface area contributed by atoms with Crippen LogP contribution in [0.2, 0.25) is 5.02 Å². The van der Waals surface area contributed by atoms with Crippen LogP contribution in [0, 0.1) is 6.92 Å². The first-order valence-corrected chi connectivity index (χ1v) is 6.33. The molecule has 0 radical (unpaired) electrons. The number of methoxy groups -OCH3 is 1. The largest absolute Gasteiger partial charge is 0.495 e. The van der Waals surface area contributed by atoms with Crippen molar-refractivity contribution in [3.05, 3.63) is 52.5 Å². The van der Waals surface area contributed by atoms with Crippen molar-refractivity contribution in [3.63, 3.8) is 0 Å². The molecule has 104 valence electrons. The molecule has 0 atom stereocenters. The summed E-state index contributed by atoms with van der Waals surface area (Å²) in [5, 5.41) is 12.7. The summed E-state index contributed by atoms with van der Waals surface area (Å²) in [6.45, 7) is 1.85. The highest BCUT2D eigenvalue weighted by molar-refractivity contribution is 6.32. The van der Waals surface area contributed by atoms with Gasteiger partial charge in [0.1, 0.15) is 5.75 Å². The van der Waals surface area contributed by atoms with Gasteiger partial charge in [0.05, 0.1) is 17.7 Å². The molecule has 2 aromatic rings. The predicted molar refractivity (Wildman–Crippen MR) is 79.4 cm³/mol. The average molecular weight is 292 g/mol. The zero-order chi connectivity index (χ0) is 14.7. The zero-order valence-corrected chi connectivity index (χ0v) is 11.9. The van der Waals surface area contributed by atoms with Gasteiger partial charge in [-0.2, -0.15) is 0 Å². The molecule has 4 nitrogen and oxygen atoms in total. The highest BCUT2D eigenvalue weighted by Crippen LogP contribution is 2.30. The highest BCUT2D eigenvalue weighted by atomic mass is 35.5. The second-order valence-electron chi connectivity index (χ2n) is 4.31. The SMILES string of the molecule is COc1cc(Nc2ccc(C(=O)O)cc2C)ccc1Cl. The Labute approximate surface area is 122 Å². The number of nitrogens with one attached hydrogen (secondary N) is 1. The van der Waals surface area contributed by atoms with E-state index in [1.807, 2.05) is 13.0 Å². The predicted octanol–water partition coefficient (Wildman–Crippen LogP) is 4.10. The molecule has 20 heavy (non-hydrogen) atoms. The number of carbonyl (C=O) groups is 1. The summed E-state index contributed by atoms with van der Waals surface area (Å²) in [4.78, 5) is 10.9. The van der Waals surface area contributed by atoms with Crippen molar-refractivity contribution in [2.75, 3.05) is 12.4 Å². The van der Waals surface area contributed by atoms with E-state index < -0.39 is 5.97 Å². The van der Waals surface area contributed by atoms with Gasteiger partial charge in [0.2, 0.25) is 0 Å². The van der Waals surface area contributed by atoms with Gasteiger partial charge in [-0.05, 0) is 42.8 Å². The first-order chi connectivity index (χ1) is 9.51. The van der Waals surface area contributed by atoms with Gasteiger partial charge < -0.3 is 15.2 Å². The van der Waals surface area contributed by atoms with E-state index in [0.29, 0.717) is 10.8 Å². The van der Waals surface area contributed by atoms with Crippen LogP contribution in [-0.2, 0) is 0 Å². The van der Waals surface area contributed by atoms with Crippen LogP contribution in [0.1, 0.15) is 15.9 Å². The van der Waals surface area contributed by atoms with E-state index in [1.165, 1.54) is 0 Å². The van der Waals surface area contributed by atoms with Gasteiger partial charge in [0, 0.05) is 17.4 Å². The lowest BCUT2D eigenvalue weighted by molar-refractivity contribution is 0.0697. The van der Waals surface area contributed by atoms with E-state index in [0.717, 1.165) is 16.9 Å². The summed E-state index contributed by atoms with van der Waals surface area (Å²) >= 11 is 5.97. The molecule has 0 aromatic heterocycles. The van der Waals surface area contributed by atoms with Crippen molar-refractivity contribution in [2.24, 2.45) is 0 Å². The molecule has 0 fully saturated rings. The monoisotopic (exact) mass is 291 g/mol. The third-order valence-corrected chi connectivity index (χ3v) is 3.22. The Morgan fingerprint density at radius 3 is 2.60 bits per heavy atom. The number of ether oxygens (including phenoxy) is 1. The van der Waals surface area contributed by atoms with E-state index in [4.69, 9.17) is 21.4 Å². The normalized spacial score (nSPS) is 10.2. The van der Waals surface area contributed by atoms with Crippen LogP contribution in [0.15, 0.2) is 36.4 Å². The summed E-state index contributed by atoms with van der Waals surface area (Å²) < 4.78 is 5.15. The van der Waals surface area contributed by atoms with Gasteiger partial charge >= 0.3 is 5.97 Å². The molecular formula is C15H14ClNO3. The van der Waals surface area contributed by atoms with E-state index >= 15 is 0 Å². The van der Waals surface area contributed by atoms with E-state index in [9.17, 15) is 4.79 Å². The fourth-order valence-electron chi connectivity index (χ4n) is 1.83. The minimum Gasteiger partial charge on any atom is -0.495 e. The Kier molecular flexibility index (Phi) is 4.15. The molecule has 2 aromatic carbocycles. The number of hydrogen-bond donors (Lipinski definition) is 2. The van der Waals surface area contributed by atoms with E-state index in [2.05, 4.69) is 5.32 Å². The lowest BCUT2D eigenvalue weighted by atomic mass is 10.1. The molecule has 0 bridgehead atoms. The molecule has 5 heteroatoms. The fourth-order valence-corrected chi connectivity index (χ4v) is 2.02. The molecule has 2 rings (SSSR count). The number of hydrogen-bond acceptors (Lipinski definition) is 3. The Morgan fingerprint density at radius 2 is 2.00 bits per heavy atom.